The molecule has 1 aromatic carbocycles. The maximum absolute atomic E-state index is 13.7. The van der Waals surface area contributed by atoms with Gasteiger partial charge in [-0.15, -0.1) is 0 Å². The van der Waals surface area contributed by atoms with Gasteiger partial charge in [-0.05, 0) is 55.7 Å². The summed E-state index contributed by atoms with van der Waals surface area (Å²) < 4.78 is 58.8. The van der Waals surface area contributed by atoms with Gasteiger partial charge in [0.15, 0.2) is 0 Å². The van der Waals surface area contributed by atoms with Crippen molar-refractivity contribution in [3.63, 3.8) is 0 Å². The summed E-state index contributed by atoms with van der Waals surface area (Å²) in [7, 11) is 0. The van der Waals surface area contributed by atoms with Gasteiger partial charge in [-0.1, -0.05) is 6.92 Å². The highest BCUT2D eigenvalue weighted by molar-refractivity contribution is 5.86. The van der Waals surface area contributed by atoms with Gasteiger partial charge in [0.2, 0.25) is 0 Å². The van der Waals surface area contributed by atoms with Crippen molar-refractivity contribution < 1.29 is 27.1 Å². The van der Waals surface area contributed by atoms with Crippen molar-refractivity contribution in [2.24, 2.45) is 11.8 Å². The molecule has 1 aromatic rings. The molecule has 2 heterocycles. The summed E-state index contributed by atoms with van der Waals surface area (Å²) in [6.45, 7) is 4.22. The number of ether oxygens (including phenoxy) is 1. The summed E-state index contributed by atoms with van der Waals surface area (Å²) in [6, 6.07) is 2.59. The largest absolute Gasteiger partial charge is 0.416 e. The highest BCUT2D eigenvalue weighted by Gasteiger charge is 2.55. The third kappa shape index (κ3) is 4.09. The number of benzene rings is 1. The molecule has 1 amide bonds. The second-order valence-electron chi connectivity index (χ2n) is 8.59. The van der Waals surface area contributed by atoms with Crippen molar-refractivity contribution in [2.75, 3.05) is 37.7 Å². The predicted octanol–water partition coefficient (Wildman–Crippen LogP) is 4.09. The average Bonchev–Trinajstić information content (AvgIpc) is 3.53. The summed E-state index contributed by atoms with van der Waals surface area (Å²) in [4.78, 5) is 16.8. The molecule has 160 valence electrons. The maximum Gasteiger partial charge on any atom is 0.416 e. The van der Waals surface area contributed by atoms with Gasteiger partial charge in [0.1, 0.15) is 11.4 Å². The fourth-order valence-corrected chi connectivity index (χ4v) is 4.48. The Morgan fingerprint density at radius 3 is 2.34 bits per heavy atom. The molecule has 2 atom stereocenters. The van der Waals surface area contributed by atoms with Crippen molar-refractivity contribution in [3.05, 3.63) is 29.6 Å². The van der Waals surface area contributed by atoms with Gasteiger partial charge in [0, 0.05) is 31.9 Å². The summed E-state index contributed by atoms with van der Waals surface area (Å²) in [5.74, 6) is -0.173. The lowest BCUT2D eigenvalue weighted by molar-refractivity contribution is -0.173. The second kappa shape index (κ2) is 7.45. The van der Waals surface area contributed by atoms with Crippen LogP contribution in [-0.2, 0) is 15.7 Å². The number of hydrogen-bond acceptors (Lipinski definition) is 3. The third-order valence-electron chi connectivity index (χ3n) is 6.37. The molecule has 2 aliphatic heterocycles. The van der Waals surface area contributed by atoms with Crippen LogP contribution in [0.25, 0.3) is 0 Å². The van der Waals surface area contributed by atoms with Gasteiger partial charge >= 0.3 is 6.18 Å². The van der Waals surface area contributed by atoms with Crippen LogP contribution in [0.3, 0.4) is 0 Å². The smallest absolute Gasteiger partial charge is 0.368 e. The Labute approximate surface area is 167 Å². The Balaban J connectivity index is 1.44. The first kappa shape index (κ1) is 20.4. The Hall–Kier alpha value is -1.83. The molecule has 1 aliphatic carbocycles. The lowest BCUT2D eigenvalue weighted by Gasteiger charge is -2.44. The molecule has 3 fully saturated rings. The molecule has 8 heteroatoms. The number of carbonyl (C=O) groups excluding carboxylic acids is 1. The van der Waals surface area contributed by atoms with Crippen LogP contribution in [0.1, 0.15) is 38.2 Å². The minimum absolute atomic E-state index is 0.0155. The van der Waals surface area contributed by atoms with Crippen molar-refractivity contribution in [1.82, 2.24) is 4.90 Å². The van der Waals surface area contributed by atoms with Crippen LogP contribution < -0.4 is 4.90 Å². The van der Waals surface area contributed by atoms with E-state index in [1.807, 2.05) is 0 Å². The summed E-state index contributed by atoms with van der Waals surface area (Å²) >= 11 is 0. The number of carbonyl (C=O) groups is 1. The van der Waals surface area contributed by atoms with E-state index in [0.29, 0.717) is 44.8 Å². The van der Waals surface area contributed by atoms with Gasteiger partial charge in [-0.2, -0.15) is 13.2 Å². The molecule has 4 nitrogen and oxygen atoms in total. The minimum atomic E-state index is -4.60. The summed E-state index contributed by atoms with van der Waals surface area (Å²) in [5.41, 5.74) is -1.52. The van der Waals surface area contributed by atoms with E-state index in [-0.39, 0.29) is 17.5 Å². The molecular formula is C21H26F4N2O2. The number of anilines is 1. The first-order valence-corrected chi connectivity index (χ1v) is 10.2. The standard InChI is InChI=1S/C21H26F4N2O2/c1-14-4-5-20(29-13-14,15-2-3-15)19(28)27-8-6-26(7-9-27)18-11-16(21(23,24)25)10-17(22)12-18/h10-12,14-15H,2-9,13H2,1H3. The Morgan fingerprint density at radius 2 is 1.79 bits per heavy atom. The fourth-order valence-electron chi connectivity index (χ4n) is 4.48. The van der Waals surface area contributed by atoms with Crippen molar-refractivity contribution >= 4 is 11.6 Å². The van der Waals surface area contributed by atoms with Crippen LogP contribution in [0.15, 0.2) is 18.2 Å². The van der Waals surface area contributed by atoms with Crippen molar-refractivity contribution in [3.8, 4) is 0 Å². The monoisotopic (exact) mass is 414 g/mol. The van der Waals surface area contributed by atoms with E-state index in [2.05, 4.69) is 6.92 Å². The molecule has 2 saturated heterocycles. The first-order valence-electron chi connectivity index (χ1n) is 10.2. The van der Waals surface area contributed by atoms with E-state index in [1.54, 1.807) is 9.80 Å². The van der Waals surface area contributed by atoms with Gasteiger partial charge in [0.05, 0.1) is 12.2 Å². The van der Waals surface area contributed by atoms with Crippen LogP contribution in [0.4, 0.5) is 23.2 Å². The van der Waals surface area contributed by atoms with Gasteiger partial charge in [-0.25, -0.2) is 4.39 Å². The Kier molecular flexibility index (Phi) is 5.25. The Bertz CT molecular complexity index is 762. The van der Waals surface area contributed by atoms with E-state index in [0.717, 1.165) is 37.8 Å². The third-order valence-corrected chi connectivity index (χ3v) is 6.37. The van der Waals surface area contributed by atoms with Crippen molar-refractivity contribution in [1.29, 1.82) is 0 Å². The molecule has 1 saturated carbocycles. The SMILES string of the molecule is CC1CCC(C(=O)N2CCN(c3cc(F)cc(C(F)(F)F)c3)CC2)(C2CC2)OC1. The average molecular weight is 414 g/mol. The molecule has 0 bridgehead atoms. The van der Waals surface area contributed by atoms with Crippen LogP contribution in [0.5, 0.6) is 0 Å². The highest BCUT2D eigenvalue weighted by Crippen LogP contribution is 2.48. The molecule has 29 heavy (non-hydrogen) atoms. The first-order chi connectivity index (χ1) is 13.7. The van der Waals surface area contributed by atoms with E-state index in [4.69, 9.17) is 4.74 Å². The quantitative estimate of drug-likeness (QED) is 0.699. The number of nitrogens with zero attached hydrogens (tertiary/aromatic N) is 2. The van der Waals surface area contributed by atoms with Crippen LogP contribution >= 0.6 is 0 Å². The summed E-state index contributed by atoms with van der Waals surface area (Å²) in [5, 5.41) is 0. The normalized spacial score (nSPS) is 28.5. The van der Waals surface area contributed by atoms with Gasteiger partial charge in [-0.3, -0.25) is 4.79 Å². The fraction of sp³-hybridized carbons (Fsp3) is 0.667. The van der Waals surface area contributed by atoms with Crippen LogP contribution in [0.2, 0.25) is 0 Å². The molecule has 0 radical (unpaired) electrons. The molecule has 0 spiro atoms. The highest BCUT2D eigenvalue weighted by atomic mass is 19.4. The predicted molar refractivity (Wildman–Crippen MR) is 100 cm³/mol. The lowest BCUT2D eigenvalue weighted by Crippen LogP contribution is -2.59. The van der Waals surface area contributed by atoms with E-state index in [9.17, 15) is 22.4 Å². The molecule has 2 unspecified atom stereocenters. The van der Waals surface area contributed by atoms with E-state index < -0.39 is 23.2 Å². The molecular weight excluding hydrogens is 388 g/mol. The van der Waals surface area contributed by atoms with Crippen molar-refractivity contribution in [2.45, 2.75) is 44.4 Å². The molecule has 0 aromatic heterocycles. The minimum Gasteiger partial charge on any atom is -0.368 e. The van der Waals surface area contributed by atoms with E-state index in [1.165, 1.54) is 0 Å². The number of halogens is 4. The molecule has 4 rings (SSSR count). The lowest BCUT2D eigenvalue weighted by atomic mass is 9.84. The number of rotatable bonds is 3. The van der Waals surface area contributed by atoms with Crippen LogP contribution in [-0.4, -0.2) is 49.2 Å². The van der Waals surface area contributed by atoms with Gasteiger partial charge in [0.25, 0.3) is 5.91 Å². The molecule has 3 aliphatic rings. The maximum atomic E-state index is 13.7. The zero-order valence-corrected chi connectivity index (χ0v) is 16.5. The van der Waals surface area contributed by atoms with E-state index >= 15 is 0 Å². The number of amides is 1. The zero-order chi connectivity index (χ0) is 20.8. The van der Waals surface area contributed by atoms with Crippen LogP contribution in [0, 0.1) is 17.7 Å². The second-order valence-corrected chi connectivity index (χ2v) is 8.59. The number of piperazine rings is 1. The molecule has 0 N–H and O–H groups in total. The number of alkyl halides is 3. The Morgan fingerprint density at radius 1 is 1.10 bits per heavy atom. The zero-order valence-electron chi connectivity index (χ0n) is 16.5. The number of hydrogen-bond donors (Lipinski definition) is 0. The topological polar surface area (TPSA) is 32.8 Å². The summed E-state index contributed by atoms with van der Waals surface area (Å²) in [6.07, 6.45) is -0.892. The van der Waals surface area contributed by atoms with Gasteiger partial charge < -0.3 is 14.5 Å².